The maximum absolute atomic E-state index is 5.72. The maximum atomic E-state index is 5.72. The fourth-order valence-electron chi connectivity index (χ4n) is 1.67. The van der Waals surface area contributed by atoms with Gasteiger partial charge in [-0.05, 0) is 30.5 Å². The molecule has 1 unspecified atom stereocenters. The van der Waals surface area contributed by atoms with E-state index in [9.17, 15) is 0 Å². The van der Waals surface area contributed by atoms with Crippen molar-refractivity contribution in [3.05, 3.63) is 23.8 Å². The Morgan fingerprint density at radius 3 is 2.47 bits per heavy atom. The van der Waals surface area contributed by atoms with E-state index in [1.807, 2.05) is 18.2 Å². The molecule has 0 saturated carbocycles. The highest BCUT2D eigenvalue weighted by Crippen LogP contribution is 2.31. The minimum absolute atomic E-state index is 0.353. The molecule has 84 valence electrons. The van der Waals surface area contributed by atoms with Crippen molar-refractivity contribution in [2.45, 2.75) is 19.3 Å². The highest BCUT2D eigenvalue weighted by molar-refractivity contribution is 5.42. The first-order valence-corrected chi connectivity index (χ1v) is 5.18. The van der Waals surface area contributed by atoms with Crippen LogP contribution in [0.1, 0.15) is 24.8 Å². The standard InChI is InChI=1S/C12H19NO2/c1-4-9(8-13)11-6-5-10(14-2)7-12(11)15-3/h5-7,9H,4,8,13H2,1-3H3. The third-order valence-electron chi connectivity index (χ3n) is 2.66. The second-order valence-electron chi connectivity index (χ2n) is 3.45. The van der Waals surface area contributed by atoms with Gasteiger partial charge < -0.3 is 15.2 Å². The lowest BCUT2D eigenvalue weighted by atomic mass is 9.95. The first kappa shape index (κ1) is 11.9. The molecule has 15 heavy (non-hydrogen) atoms. The van der Waals surface area contributed by atoms with Gasteiger partial charge in [-0.2, -0.15) is 0 Å². The molecule has 0 spiro atoms. The molecule has 0 heterocycles. The van der Waals surface area contributed by atoms with Crippen LogP contribution in [-0.4, -0.2) is 20.8 Å². The normalized spacial score (nSPS) is 12.3. The van der Waals surface area contributed by atoms with Gasteiger partial charge in [-0.15, -0.1) is 0 Å². The molecule has 3 heteroatoms. The molecule has 0 aliphatic carbocycles. The molecule has 0 fully saturated rings. The molecular weight excluding hydrogens is 190 g/mol. The van der Waals surface area contributed by atoms with E-state index in [0.717, 1.165) is 23.5 Å². The van der Waals surface area contributed by atoms with Gasteiger partial charge in [0.2, 0.25) is 0 Å². The van der Waals surface area contributed by atoms with E-state index in [1.165, 1.54) is 0 Å². The average molecular weight is 209 g/mol. The van der Waals surface area contributed by atoms with E-state index < -0.39 is 0 Å². The number of rotatable bonds is 5. The molecule has 1 aromatic carbocycles. The summed E-state index contributed by atoms with van der Waals surface area (Å²) in [6.45, 7) is 2.76. The van der Waals surface area contributed by atoms with Crippen LogP contribution in [0, 0.1) is 0 Å². The van der Waals surface area contributed by atoms with Gasteiger partial charge in [-0.3, -0.25) is 0 Å². The lowest BCUT2D eigenvalue weighted by Crippen LogP contribution is -2.12. The van der Waals surface area contributed by atoms with Gasteiger partial charge in [0.25, 0.3) is 0 Å². The predicted octanol–water partition coefficient (Wildman–Crippen LogP) is 2.16. The molecule has 1 aromatic rings. The van der Waals surface area contributed by atoms with E-state index in [1.54, 1.807) is 14.2 Å². The Morgan fingerprint density at radius 2 is 2.00 bits per heavy atom. The zero-order valence-electron chi connectivity index (χ0n) is 9.62. The van der Waals surface area contributed by atoms with Crippen molar-refractivity contribution in [3.8, 4) is 11.5 Å². The molecule has 2 N–H and O–H groups in total. The monoisotopic (exact) mass is 209 g/mol. The van der Waals surface area contributed by atoms with Crippen molar-refractivity contribution in [3.63, 3.8) is 0 Å². The largest absolute Gasteiger partial charge is 0.497 e. The minimum Gasteiger partial charge on any atom is -0.497 e. The summed E-state index contributed by atoms with van der Waals surface area (Å²) in [5.74, 6) is 2.01. The van der Waals surface area contributed by atoms with Crippen molar-refractivity contribution < 1.29 is 9.47 Å². The van der Waals surface area contributed by atoms with Crippen molar-refractivity contribution >= 4 is 0 Å². The van der Waals surface area contributed by atoms with Gasteiger partial charge in [0, 0.05) is 6.07 Å². The molecule has 1 atom stereocenters. The Labute approximate surface area is 91.2 Å². The lowest BCUT2D eigenvalue weighted by molar-refractivity contribution is 0.388. The minimum atomic E-state index is 0.353. The Morgan fingerprint density at radius 1 is 1.27 bits per heavy atom. The summed E-state index contributed by atoms with van der Waals surface area (Å²) in [7, 11) is 3.32. The van der Waals surface area contributed by atoms with Gasteiger partial charge in [-0.1, -0.05) is 13.0 Å². The maximum Gasteiger partial charge on any atom is 0.126 e. The number of hydrogen-bond donors (Lipinski definition) is 1. The summed E-state index contributed by atoms with van der Waals surface area (Å²) >= 11 is 0. The van der Waals surface area contributed by atoms with Crippen LogP contribution in [0.5, 0.6) is 11.5 Å². The van der Waals surface area contributed by atoms with Crippen LogP contribution in [-0.2, 0) is 0 Å². The summed E-state index contributed by atoms with van der Waals surface area (Å²) in [4.78, 5) is 0. The van der Waals surface area contributed by atoms with Gasteiger partial charge in [0.05, 0.1) is 14.2 Å². The summed E-state index contributed by atoms with van der Waals surface area (Å²) in [5.41, 5.74) is 6.88. The summed E-state index contributed by atoms with van der Waals surface area (Å²) in [6, 6.07) is 5.86. The van der Waals surface area contributed by atoms with Crippen molar-refractivity contribution in [2.75, 3.05) is 20.8 Å². The molecule has 0 aromatic heterocycles. The number of ether oxygens (including phenoxy) is 2. The molecule has 0 amide bonds. The lowest BCUT2D eigenvalue weighted by Gasteiger charge is -2.17. The Kier molecular flexibility index (Phi) is 4.43. The fourth-order valence-corrected chi connectivity index (χ4v) is 1.67. The van der Waals surface area contributed by atoms with E-state index in [0.29, 0.717) is 12.5 Å². The molecule has 0 saturated heterocycles. The zero-order chi connectivity index (χ0) is 11.3. The predicted molar refractivity (Wildman–Crippen MR) is 61.6 cm³/mol. The molecule has 0 radical (unpaired) electrons. The van der Waals surface area contributed by atoms with Gasteiger partial charge in [0.1, 0.15) is 11.5 Å². The Hall–Kier alpha value is -1.22. The SMILES string of the molecule is CCC(CN)c1ccc(OC)cc1OC. The second kappa shape index (κ2) is 5.61. The van der Waals surface area contributed by atoms with Crippen molar-refractivity contribution in [1.29, 1.82) is 0 Å². The zero-order valence-corrected chi connectivity index (χ0v) is 9.62. The van der Waals surface area contributed by atoms with Crippen LogP contribution in [0.2, 0.25) is 0 Å². The second-order valence-corrected chi connectivity index (χ2v) is 3.45. The van der Waals surface area contributed by atoms with Crippen LogP contribution in [0.15, 0.2) is 18.2 Å². The molecular formula is C12H19NO2. The highest BCUT2D eigenvalue weighted by Gasteiger charge is 2.13. The fraction of sp³-hybridized carbons (Fsp3) is 0.500. The van der Waals surface area contributed by atoms with Crippen molar-refractivity contribution in [2.24, 2.45) is 5.73 Å². The third kappa shape index (κ3) is 2.63. The van der Waals surface area contributed by atoms with Crippen LogP contribution >= 0.6 is 0 Å². The van der Waals surface area contributed by atoms with Crippen LogP contribution in [0.4, 0.5) is 0 Å². The van der Waals surface area contributed by atoms with Crippen molar-refractivity contribution in [1.82, 2.24) is 0 Å². The summed E-state index contributed by atoms with van der Waals surface area (Å²) in [5, 5.41) is 0. The Bertz CT molecular complexity index is 308. The number of methoxy groups -OCH3 is 2. The third-order valence-corrected chi connectivity index (χ3v) is 2.66. The van der Waals surface area contributed by atoms with E-state index in [2.05, 4.69) is 6.92 Å². The molecule has 0 bridgehead atoms. The van der Waals surface area contributed by atoms with E-state index in [4.69, 9.17) is 15.2 Å². The summed E-state index contributed by atoms with van der Waals surface area (Å²) < 4.78 is 10.5. The van der Waals surface area contributed by atoms with E-state index >= 15 is 0 Å². The van der Waals surface area contributed by atoms with Gasteiger partial charge >= 0.3 is 0 Å². The smallest absolute Gasteiger partial charge is 0.126 e. The van der Waals surface area contributed by atoms with Crippen LogP contribution in [0.3, 0.4) is 0 Å². The first-order valence-electron chi connectivity index (χ1n) is 5.18. The van der Waals surface area contributed by atoms with Crippen LogP contribution in [0.25, 0.3) is 0 Å². The molecule has 1 rings (SSSR count). The Balaban J connectivity index is 3.06. The first-order chi connectivity index (χ1) is 7.26. The van der Waals surface area contributed by atoms with Gasteiger partial charge in [0.15, 0.2) is 0 Å². The quantitative estimate of drug-likeness (QED) is 0.808. The topological polar surface area (TPSA) is 44.5 Å². The summed E-state index contributed by atoms with van der Waals surface area (Å²) in [6.07, 6.45) is 1.01. The van der Waals surface area contributed by atoms with Crippen LogP contribution < -0.4 is 15.2 Å². The molecule has 0 aliphatic rings. The molecule has 3 nitrogen and oxygen atoms in total. The van der Waals surface area contributed by atoms with E-state index in [-0.39, 0.29) is 0 Å². The number of hydrogen-bond acceptors (Lipinski definition) is 3. The number of nitrogens with two attached hydrogens (primary N) is 1. The average Bonchev–Trinajstić information content (AvgIpc) is 2.31. The highest BCUT2D eigenvalue weighted by atomic mass is 16.5. The van der Waals surface area contributed by atoms with Gasteiger partial charge in [-0.25, -0.2) is 0 Å². The number of benzene rings is 1. The molecule has 0 aliphatic heterocycles.